The highest BCUT2D eigenvalue weighted by molar-refractivity contribution is 14.0. The van der Waals surface area contributed by atoms with Gasteiger partial charge in [0.1, 0.15) is 0 Å². The van der Waals surface area contributed by atoms with Crippen LogP contribution in [0.2, 0.25) is 0 Å². The van der Waals surface area contributed by atoms with Crippen LogP contribution in [0.4, 0.5) is 5.95 Å². The fraction of sp³-hybridized carbons (Fsp3) is 0.762. The van der Waals surface area contributed by atoms with E-state index < -0.39 is 0 Å². The van der Waals surface area contributed by atoms with E-state index in [2.05, 4.69) is 36.9 Å². The van der Waals surface area contributed by atoms with Gasteiger partial charge in [-0.2, -0.15) is 0 Å². The third-order valence-electron chi connectivity index (χ3n) is 5.59. The van der Waals surface area contributed by atoms with Crippen molar-refractivity contribution < 1.29 is 0 Å². The van der Waals surface area contributed by atoms with E-state index in [9.17, 15) is 0 Å². The van der Waals surface area contributed by atoms with Gasteiger partial charge in [-0.1, -0.05) is 12.8 Å². The number of rotatable bonds is 8. The van der Waals surface area contributed by atoms with Crippen LogP contribution in [0.3, 0.4) is 0 Å². The minimum Gasteiger partial charge on any atom is -0.357 e. The summed E-state index contributed by atoms with van der Waals surface area (Å²) in [6.07, 6.45) is 11.6. The van der Waals surface area contributed by atoms with Crippen LogP contribution in [0, 0.1) is 0 Å². The maximum atomic E-state index is 4.89. The molecule has 3 heterocycles. The second-order valence-electron chi connectivity index (χ2n) is 7.72. The maximum Gasteiger partial charge on any atom is 0.225 e. The van der Waals surface area contributed by atoms with E-state index in [-0.39, 0.29) is 24.0 Å². The lowest BCUT2D eigenvalue weighted by Gasteiger charge is -2.36. The van der Waals surface area contributed by atoms with Crippen molar-refractivity contribution in [2.45, 2.75) is 45.4 Å². The Balaban J connectivity index is 0.00000300. The first-order valence-corrected chi connectivity index (χ1v) is 11.1. The number of aliphatic imine (C=N–C) groups is 1. The first-order chi connectivity index (χ1) is 13.9. The third kappa shape index (κ3) is 8.24. The van der Waals surface area contributed by atoms with E-state index in [1.54, 1.807) is 0 Å². The van der Waals surface area contributed by atoms with Crippen molar-refractivity contribution in [3.05, 3.63) is 18.5 Å². The van der Waals surface area contributed by atoms with Gasteiger partial charge in [-0.3, -0.25) is 4.99 Å². The van der Waals surface area contributed by atoms with Crippen molar-refractivity contribution >= 4 is 35.9 Å². The lowest BCUT2D eigenvalue weighted by molar-refractivity contribution is 0.224. The van der Waals surface area contributed by atoms with Gasteiger partial charge in [0.05, 0.1) is 0 Å². The van der Waals surface area contributed by atoms with Crippen LogP contribution in [-0.4, -0.2) is 84.6 Å². The summed E-state index contributed by atoms with van der Waals surface area (Å²) in [6, 6.07) is 1.86. The zero-order chi connectivity index (χ0) is 19.4. The molecule has 164 valence electrons. The van der Waals surface area contributed by atoms with Crippen LogP contribution in [0.5, 0.6) is 0 Å². The van der Waals surface area contributed by atoms with E-state index >= 15 is 0 Å². The lowest BCUT2D eigenvalue weighted by atomic mass is 10.1. The SMILES string of the molecule is CCNC(=NCCCCCN1CCCCC1)N1CCN(c2ncccn2)CC1.I. The van der Waals surface area contributed by atoms with Gasteiger partial charge in [-0.05, 0) is 58.3 Å². The molecule has 0 atom stereocenters. The van der Waals surface area contributed by atoms with Crippen molar-refractivity contribution in [3.8, 4) is 0 Å². The Kier molecular flexibility index (Phi) is 11.6. The Morgan fingerprint density at radius 3 is 2.38 bits per heavy atom. The highest BCUT2D eigenvalue weighted by Crippen LogP contribution is 2.11. The van der Waals surface area contributed by atoms with E-state index in [1.165, 1.54) is 58.2 Å². The summed E-state index contributed by atoms with van der Waals surface area (Å²) in [5.74, 6) is 1.89. The molecule has 0 aromatic carbocycles. The molecule has 7 nitrogen and oxygen atoms in total. The molecule has 0 bridgehead atoms. The summed E-state index contributed by atoms with van der Waals surface area (Å²) in [5, 5.41) is 3.47. The van der Waals surface area contributed by atoms with Gasteiger partial charge in [-0.15, -0.1) is 24.0 Å². The largest absolute Gasteiger partial charge is 0.357 e. The average Bonchev–Trinajstić information content (AvgIpc) is 2.77. The fourth-order valence-electron chi connectivity index (χ4n) is 3.99. The number of piperidine rings is 1. The minimum absolute atomic E-state index is 0. The monoisotopic (exact) mass is 515 g/mol. The molecule has 2 aliphatic rings. The summed E-state index contributed by atoms with van der Waals surface area (Å²) in [6.45, 7) is 11.6. The van der Waals surface area contributed by atoms with Gasteiger partial charge >= 0.3 is 0 Å². The highest BCUT2D eigenvalue weighted by Gasteiger charge is 2.20. The number of hydrogen-bond donors (Lipinski definition) is 1. The molecule has 0 radical (unpaired) electrons. The Bertz CT molecular complexity index is 570. The van der Waals surface area contributed by atoms with E-state index in [4.69, 9.17) is 4.99 Å². The summed E-state index contributed by atoms with van der Waals surface area (Å²) in [5.41, 5.74) is 0. The van der Waals surface area contributed by atoms with Crippen LogP contribution in [0.25, 0.3) is 0 Å². The standard InChI is InChI=1S/C21H37N7.HI/c1-2-22-20(23-10-5-3-6-13-26-14-7-4-8-15-26)27-16-18-28(19-17-27)21-24-11-9-12-25-21;/h9,11-12H,2-8,10,13-19H2,1H3,(H,22,23);1H. The molecular formula is C21H38IN7. The first-order valence-electron chi connectivity index (χ1n) is 11.1. The van der Waals surface area contributed by atoms with Crippen LogP contribution >= 0.6 is 24.0 Å². The molecule has 0 aliphatic carbocycles. The number of unbranched alkanes of at least 4 members (excludes halogenated alkanes) is 2. The number of hydrogen-bond acceptors (Lipinski definition) is 5. The topological polar surface area (TPSA) is 59.9 Å². The van der Waals surface area contributed by atoms with Gasteiger partial charge in [0.25, 0.3) is 0 Å². The molecule has 29 heavy (non-hydrogen) atoms. The number of likely N-dealkylation sites (tertiary alicyclic amines) is 1. The van der Waals surface area contributed by atoms with Gasteiger partial charge in [0, 0.05) is 51.7 Å². The van der Waals surface area contributed by atoms with Crippen molar-refractivity contribution in [3.63, 3.8) is 0 Å². The van der Waals surface area contributed by atoms with Crippen molar-refractivity contribution in [1.82, 2.24) is 25.1 Å². The lowest BCUT2D eigenvalue weighted by Crippen LogP contribution is -2.53. The minimum atomic E-state index is 0. The van der Waals surface area contributed by atoms with Gasteiger partial charge < -0.3 is 20.0 Å². The third-order valence-corrected chi connectivity index (χ3v) is 5.59. The predicted molar refractivity (Wildman–Crippen MR) is 131 cm³/mol. The highest BCUT2D eigenvalue weighted by atomic mass is 127. The zero-order valence-electron chi connectivity index (χ0n) is 17.9. The normalized spacial score (nSPS) is 18.4. The summed E-state index contributed by atoms with van der Waals surface area (Å²) in [7, 11) is 0. The molecular weight excluding hydrogens is 477 g/mol. The van der Waals surface area contributed by atoms with E-state index in [1.807, 2.05) is 18.5 Å². The Hall–Kier alpha value is -1.16. The van der Waals surface area contributed by atoms with Crippen molar-refractivity contribution in [1.29, 1.82) is 0 Å². The van der Waals surface area contributed by atoms with Gasteiger partial charge in [0.15, 0.2) is 5.96 Å². The molecule has 0 unspecified atom stereocenters. The fourth-order valence-corrected chi connectivity index (χ4v) is 3.99. The molecule has 0 saturated carbocycles. The van der Waals surface area contributed by atoms with Crippen molar-refractivity contribution in [2.75, 3.05) is 63.8 Å². The molecule has 0 amide bonds. The molecule has 1 aromatic rings. The Morgan fingerprint density at radius 1 is 0.966 bits per heavy atom. The number of nitrogens with one attached hydrogen (secondary N) is 1. The number of piperazine rings is 1. The van der Waals surface area contributed by atoms with E-state index in [0.29, 0.717) is 0 Å². The number of nitrogens with zero attached hydrogens (tertiary/aromatic N) is 6. The predicted octanol–water partition coefficient (Wildman–Crippen LogP) is 2.84. The second kappa shape index (κ2) is 14.0. The Morgan fingerprint density at radius 2 is 1.69 bits per heavy atom. The Labute approximate surface area is 193 Å². The van der Waals surface area contributed by atoms with Gasteiger partial charge in [-0.25, -0.2) is 9.97 Å². The second-order valence-corrected chi connectivity index (χ2v) is 7.72. The molecule has 2 aliphatic heterocycles. The van der Waals surface area contributed by atoms with Crippen LogP contribution in [-0.2, 0) is 0 Å². The number of anilines is 1. The number of guanidine groups is 1. The molecule has 8 heteroatoms. The van der Waals surface area contributed by atoms with Crippen molar-refractivity contribution in [2.24, 2.45) is 4.99 Å². The summed E-state index contributed by atoms with van der Waals surface area (Å²) in [4.78, 5) is 20.9. The quantitative estimate of drug-likeness (QED) is 0.249. The molecule has 3 rings (SSSR count). The molecule has 2 saturated heterocycles. The molecule has 2 fully saturated rings. The van der Waals surface area contributed by atoms with E-state index in [0.717, 1.165) is 51.2 Å². The molecule has 1 N–H and O–H groups in total. The first kappa shape index (κ1) is 24.1. The smallest absolute Gasteiger partial charge is 0.225 e. The molecule has 1 aromatic heterocycles. The zero-order valence-corrected chi connectivity index (χ0v) is 20.3. The number of aromatic nitrogens is 2. The number of halogens is 1. The summed E-state index contributed by atoms with van der Waals surface area (Å²) >= 11 is 0. The molecule has 0 spiro atoms. The van der Waals surface area contributed by atoms with Gasteiger partial charge in [0.2, 0.25) is 5.95 Å². The average molecular weight is 515 g/mol. The van der Waals surface area contributed by atoms with Crippen LogP contribution in [0.1, 0.15) is 45.4 Å². The maximum absolute atomic E-state index is 4.89. The summed E-state index contributed by atoms with van der Waals surface area (Å²) < 4.78 is 0. The van der Waals surface area contributed by atoms with Crippen LogP contribution < -0.4 is 10.2 Å². The van der Waals surface area contributed by atoms with Crippen LogP contribution in [0.15, 0.2) is 23.5 Å².